The first-order chi connectivity index (χ1) is 20.5. The zero-order valence-electron chi connectivity index (χ0n) is 25.5. The molecule has 4 aliphatic carbocycles. The first-order valence-electron chi connectivity index (χ1n) is 15.4. The summed E-state index contributed by atoms with van der Waals surface area (Å²) >= 11 is 0. The lowest BCUT2D eigenvalue weighted by atomic mass is 9.45. The number of nitrogens with zero attached hydrogens (tertiary/aromatic N) is 1. The number of nitrogens with one attached hydrogen (secondary N) is 1. The number of carbonyl (C=O) groups is 4. The number of ether oxygens (including phenoxy) is 2. The van der Waals surface area contributed by atoms with Crippen LogP contribution in [-0.4, -0.2) is 84.1 Å². The normalized spacial score (nSPS) is 29.6. The Hall–Kier alpha value is -3.24. The molecule has 3 saturated carbocycles. The van der Waals surface area contributed by atoms with Crippen molar-refractivity contribution in [1.82, 2.24) is 10.2 Å². The monoisotopic (exact) mass is 596 g/mol. The number of aliphatic hydroxyl groups excluding tert-OH is 2. The fourth-order valence-electron chi connectivity index (χ4n) is 8.01. The second-order valence-corrected chi connectivity index (χ2v) is 13.2. The lowest BCUT2D eigenvalue weighted by molar-refractivity contribution is -0.146. The first-order valence-corrected chi connectivity index (χ1v) is 15.4. The fourth-order valence-corrected chi connectivity index (χ4v) is 8.01. The minimum atomic E-state index is -1.18. The number of ketones is 1. The van der Waals surface area contributed by atoms with Crippen LogP contribution in [0.25, 0.3) is 0 Å². The molecule has 0 aromatic heterocycles. The molecule has 10 nitrogen and oxygen atoms in total. The lowest BCUT2D eigenvalue weighted by Gasteiger charge is -2.61. The second-order valence-electron chi connectivity index (χ2n) is 13.2. The molecule has 0 spiro atoms. The summed E-state index contributed by atoms with van der Waals surface area (Å²) in [5, 5.41) is 24.0. The van der Waals surface area contributed by atoms with Crippen molar-refractivity contribution in [2.24, 2.45) is 23.2 Å². The van der Waals surface area contributed by atoms with Gasteiger partial charge < -0.3 is 34.7 Å². The maximum atomic E-state index is 13.9. The summed E-state index contributed by atoms with van der Waals surface area (Å²) in [4.78, 5) is 52.6. The maximum absolute atomic E-state index is 13.9. The van der Waals surface area contributed by atoms with E-state index < -0.39 is 30.1 Å². The van der Waals surface area contributed by atoms with Crippen molar-refractivity contribution in [1.29, 1.82) is 0 Å². The lowest BCUT2D eigenvalue weighted by Crippen LogP contribution is -2.59. The van der Waals surface area contributed by atoms with Crippen LogP contribution in [0.3, 0.4) is 0 Å². The minimum Gasteiger partial charge on any atom is -0.493 e. The Labute approximate surface area is 252 Å². The Kier molecular flexibility index (Phi) is 9.00. The summed E-state index contributed by atoms with van der Waals surface area (Å²) in [6, 6.07) is 2.33. The van der Waals surface area contributed by atoms with Crippen molar-refractivity contribution in [3.63, 3.8) is 0 Å². The number of hydrogen-bond acceptors (Lipinski definition) is 8. The molecule has 10 heteroatoms. The highest BCUT2D eigenvalue weighted by atomic mass is 16.5. The smallest absolute Gasteiger partial charge is 0.247 e. The highest BCUT2D eigenvalue weighted by Crippen LogP contribution is 2.61. The van der Waals surface area contributed by atoms with E-state index in [0.717, 1.165) is 19.3 Å². The van der Waals surface area contributed by atoms with Crippen LogP contribution in [0.5, 0.6) is 11.5 Å². The number of rotatable bonds is 12. The van der Waals surface area contributed by atoms with E-state index in [4.69, 9.17) is 9.47 Å². The van der Waals surface area contributed by atoms with Gasteiger partial charge in [0.1, 0.15) is 24.3 Å². The summed E-state index contributed by atoms with van der Waals surface area (Å²) in [5.41, 5.74) is 1.37. The highest BCUT2D eigenvalue weighted by Gasteiger charge is 2.56. The molecule has 7 unspecified atom stereocenters. The van der Waals surface area contributed by atoms with Gasteiger partial charge in [-0.05, 0) is 74.0 Å². The Morgan fingerprint density at radius 2 is 1.98 bits per heavy atom. The highest BCUT2D eigenvalue weighted by molar-refractivity contribution is 5.96. The fraction of sp³-hybridized carbons (Fsp3) is 0.636. The van der Waals surface area contributed by atoms with Crippen LogP contribution in [0.15, 0.2) is 23.8 Å². The van der Waals surface area contributed by atoms with Crippen molar-refractivity contribution >= 4 is 23.9 Å². The van der Waals surface area contributed by atoms with Crippen LogP contribution >= 0.6 is 0 Å². The summed E-state index contributed by atoms with van der Waals surface area (Å²) in [7, 11) is 1.46. The summed E-state index contributed by atoms with van der Waals surface area (Å²) < 4.78 is 11.8. The van der Waals surface area contributed by atoms with Crippen molar-refractivity contribution in [3.05, 3.63) is 34.9 Å². The predicted molar refractivity (Wildman–Crippen MR) is 158 cm³/mol. The number of Topliss-reactive ketones (excluding diaryl/α,β-unsaturated/α-hetero) is 1. The molecular formula is C33H44N2O8. The van der Waals surface area contributed by atoms with Crippen molar-refractivity contribution in [2.75, 3.05) is 26.8 Å². The van der Waals surface area contributed by atoms with Crippen LogP contribution in [0, 0.1) is 23.2 Å². The minimum absolute atomic E-state index is 0.0120. The average molecular weight is 597 g/mol. The van der Waals surface area contributed by atoms with E-state index in [1.165, 1.54) is 14.0 Å². The number of amides is 2. The topological polar surface area (TPSA) is 142 Å². The molecule has 3 fully saturated rings. The molecule has 43 heavy (non-hydrogen) atoms. The van der Waals surface area contributed by atoms with Crippen LogP contribution in [0.1, 0.15) is 81.1 Å². The van der Waals surface area contributed by atoms with E-state index >= 15 is 0 Å². The second kappa shape index (κ2) is 12.4. The third-order valence-corrected chi connectivity index (χ3v) is 10.4. The molecular weight excluding hydrogens is 552 g/mol. The molecule has 2 amide bonds. The van der Waals surface area contributed by atoms with Gasteiger partial charge in [0, 0.05) is 42.6 Å². The van der Waals surface area contributed by atoms with Gasteiger partial charge in [0.05, 0.1) is 25.7 Å². The van der Waals surface area contributed by atoms with Gasteiger partial charge in [-0.2, -0.15) is 0 Å². The van der Waals surface area contributed by atoms with Gasteiger partial charge in [0.2, 0.25) is 11.8 Å². The average Bonchev–Trinajstić information content (AvgIpc) is 3.38. The van der Waals surface area contributed by atoms with E-state index in [-0.39, 0.29) is 42.6 Å². The van der Waals surface area contributed by atoms with E-state index in [1.54, 1.807) is 23.1 Å². The standard InChI is InChI=1S/C33H44N2O8/c1-18(38)6-5-7-27(39)35(16-20-8-9-21-14-24(20)33(21,2)3)25-15-23(32(41)34-10-11-36)28-22-12-19(17-37)13-26(42-4)30(22)43-31(28)29(25)40/h12-13,15,17,20-21,24-25,28-29,31,36,40H,5-11,14,16H2,1-4H3,(H,34,41). The molecule has 1 aromatic rings. The van der Waals surface area contributed by atoms with E-state index in [2.05, 4.69) is 19.2 Å². The number of fused-ring (bicyclic) bond motifs is 5. The number of methoxy groups -OCH3 is 1. The number of benzene rings is 1. The third kappa shape index (κ3) is 5.71. The number of hydrogen-bond donors (Lipinski definition) is 3. The molecule has 5 aliphatic rings. The van der Waals surface area contributed by atoms with Crippen LogP contribution in [0.4, 0.5) is 0 Å². The Morgan fingerprint density at radius 1 is 1.21 bits per heavy atom. The molecule has 6 rings (SSSR count). The van der Waals surface area contributed by atoms with Gasteiger partial charge in [-0.3, -0.25) is 14.4 Å². The van der Waals surface area contributed by atoms with E-state index in [9.17, 15) is 29.4 Å². The molecule has 2 bridgehead atoms. The zero-order valence-corrected chi connectivity index (χ0v) is 25.5. The third-order valence-electron chi connectivity index (χ3n) is 10.4. The van der Waals surface area contributed by atoms with Crippen LogP contribution in [-0.2, 0) is 14.4 Å². The molecule has 234 valence electrons. The zero-order chi connectivity index (χ0) is 31.1. The molecule has 0 saturated heterocycles. The molecule has 3 N–H and O–H groups in total. The summed E-state index contributed by atoms with van der Waals surface area (Å²) in [6.45, 7) is 6.31. The van der Waals surface area contributed by atoms with Gasteiger partial charge in [-0.15, -0.1) is 0 Å². The molecule has 0 radical (unpaired) electrons. The van der Waals surface area contributed by atoms with Gasteiger partial charge in [-0.1, -0.05) is 13.8 Å². The first kappa shape index (κ1) is 31.2. The molecule has 1 heterocycles. The summed E-state index contributed by atoms with van der Waals surface area (Å²) in [5.74, 6) is 0.727. The number of aliphatic hydroxyl groups is 2. The van der Waals surface area contributed by atoms with E-state index in [0.29, 0.717) is 65.7 Å². The quantitative estimate of drug-likeness (QED) is 0.313. The predicted octanol–water partition coefficient (Wildman–Crippen LogP) is 2.79. The number of aldehydes is 1. The van der Waals surface area contributed by atoms with Crippen molar-refractivity contribution < 1.29 is 38.9 Å². The maximum Gasteiger partial charge on any atom is 0.247 e. The van der Waals surface area contributed by atoms with E-state index in [1.807, 2.05) is 0 Å². The SMILES string of the molecule is COc1cc(C=O)cc2c1OC1C2C(C(=O)NCCO)=CC(N(CC2CCC3CC2C3(C)C)C(=O)CCCC(C)=O)C1O. The molecule has 1 aromatic carbocycles. The molecule has 7 atom stereocenters. The Morgan fingerprint density at radius 3 is 2.60 bits per heavy atom. The van der Waals surface area contributed by atoms with Gasteiger partial charge in [0.25, 0.3) is 0 Å². The van der Waals surface area contributed by atoms with Gasteiger partial charge in [-0.25, -0.2) is 0 Å². The largest absolute Gasteiger partial charge is 0.493 e. The van der Waals surface area contributed by atoms with Gasteiger partial charge in [0.15, 0.2) is 11.5 Å². The van der Waals surface area contributed by atoms with Crippen LogP contribution in [0.2, 0.25) is 0 Å². The molecule has 1 aliphatic heterocycles. The van der Waals surface area contributed by atoms with Gasteiger partial charge >= 0.3 is 0 Å². The van der Waals surface area contributed by atoms with Crippen molar-refractivity contribution in [2.45, 2.75) is 83.5 Å². The van der Waals surface area contributed by atoms with Crippen molar-refractivity contribution in [3.8, 4) is 11.5 Å². The number of carbonyl (C=O) groups excluding carboxylic acids is 4. The Bertz CT molecular complexity index is 1300. The summed E-state index contributed by atoms with van der Waals surface area (Å²) in [6.07, 6.45) is 4.32. The van der Waals surface area contributed by atoms with Crippen LogP contribution < -0.4 is 14.8 Å². The Balaban J connectivity index is 1.54.